The molecule has 96 valence electrons. The molecule has 1 N–H and O–H groups in total. The van der Waals surface area contributed by atoms with Crippen LogP contribution in [0.4, 0.5) is 0 Å². The van der Waals surface area contributed by atoms with E-state index in [1.54, 1.807) is 10.9 Å². The van der Waals surface area contributed by atoms with E-state index in [-0.39, 0.29) is 12.0 Å². The van der Waals surface area contributed by atoms with Gasteiger partial charge < -0.3 is 10.1 Å². The largest absolute Gasteiger partial charge is 0.466 e. The van der Waals surface area contributed by atoms with Crippen LogP contribution in [0.1, 0.15) is 38.3 Å². The number of aryl methyl sites for hydroxylation is 1. The number of nitrogens with zero attached hydrogens (tertiary/aromatic N) is 2. The fourth-order valence-corrected chi connectivity index (χ4v) is 1.63. The van der Waals surface area contributed by atoms with E-state index in [1.165, 1.54) is 0 Å². The van der Waals surface area contributed by atoms with Crippen LogP contribution in [0.3, 0.4) is 0 Å². The Bertz CT molecular complexity index is 349. The summed E-state index contributed by atoms with van der Waals surface area (Å²) in [6, 6.07) is -0.0114. The Kier molecular flexibility index (Phi) is 5.69. The van der Waals surface area contributed by atoms with E-state index in [0.29, 0.717) is 13.0 Å². The maximum atomic E-state index is 11.5. The summed E-state index contributed by atoms with van der Waals surface area (Å²) in [7, 11) is 1.87. The smallest absolute Gasteiger partial charge is 0.307 e. The highest BCUT2D eigenvalue weighted by atomic mass is 16.5. The summed E-state index contributed by atoms with van der Waals surface area (Å²) in [5.41, 5.74) is 1.02. The van der Waals surface area contributed by atoms with Gasteiger partial charge in [0.25, 0.3) is 0 Å². The first-order valence-corrected chi connectivity index (χ1v) is 6.04. The van der Waals surface area contributed by atoms with Crippen molar-refractivity contribution in [3.05, 3.63) is 18.0 Å². The maximum Gasteiger partial charge on any atom is 0.307 e. The average Bonchev–Trinajstić information content (AvgIpc) is 2.71. The van der Waals surface area contributed by atoms with Gasteiger partial charge in [-0.05, 0) is 19.9 Å². The molecular weight excluding hydrogens is 218 g/mol. The van der Waals surface area contributed by atoms with Crippen molar-refractivity contribution < 1.29 is 9.53 Å². The predicted molar refractivity (Wildman–Crippen MR) is 65.5 cm³/mol. The number of rotatable bonds is 7. The van der Waals surface area contributed by atoms with Crippen molar-refractivity contribution >= 4 is 5.97 Å². The van der Waals surface area contributed by atoms with Crippen LogP contribution < -0.4 is 5.32 Å². The number of carbonyl (C=O) groups excluding carboxylic acids is 1. The molecule has 0 spiro atoms. The number of hydrogen-bond acceptors (Lipinski definition) is 4. The molecule has 5 nitrogen and oxygen atoms in total. The van der Waals surface area contributed by atoms with Crippen molar-refractivity contribution in [2.45, 2.75) is 32.7 Å². The molecule has 1 rings (SSSR count). The van der Waals surface area contributed by atoms with Crippen molar-refractivity contribution in [1.29, 1.82) is 0 Å². The number of ether oxygens (including phenoxy) is 1. The van der Waals surface area contributed by atoms with E-state index in [2.05, 4.69) is 17.3 Å². The monoisotopic (exact) mass is 239 g/mol. The summed E-state index contributed by atoms with van der Waals surface area (Å²) >= 11 is 0. The molecule has 1 heterocycles. The number of esters is 1. The van der Waals surface area contributed by atoms with Crippen LogP contribution in [-0.2, 0) is 16.6 Å². The quantitative estimate of drug-likeness (QED) is 0.731. The van der Waals surface area contributed by atoms with E-state index in [9.17, 15) is 4.79 Å². The summed E-state index contributed by atoms with van der Waals surface area (Å²) in [6.07, 6.45) is 5.08. The first-order valence-electron chi connectivity index (χ1n) is 6.04. The Morgan fingerprint density at radius 3 is 2.88 bits per heavy atom. The highest BCUT2D eigenvalue weighted by molar-refractivity contribution is 5.70. The number of nitrogens with one attached hydrogen (secondary N) is 1. The van der Waals surface area contributed by atoms with Gasteiger partial charge in [-0.1, -0.05) is 6.92 Å². The fraction of sp³-hybridized carbons (Fsp3) is 0.667. The minimum Gasteiger partial charge on any atom is -0.466 e. The van der Waals surface area contributed by atoms with Crippen LogP contribution in [0, 0.1) is 0 Å². The molecule has 1 aromatic heterocycles. The van der Waals surface area contributed by atoms with Gasteiger partial charge in [0.15, 0.2) is 0 Å². The second kappa shape index (κ2) is 7.06. The zero-order valence-electron chi connectivity index (χ0n) is 10.8. The first-order chi connectivity index (χ1) is 8.17. The molecule has 0 aromatic carbocycles. The molecule has 0 radical (unpaired) electrons. The number of aromatic nitrogens is 2. The van der Waals surface area contributed by atoms with Crippen LogP contribution in [0.2, 0.25) is 0 Å². The van der Waals surface area contributed by atoms with Crippen LogP contribution in [0.25, 0.3) is 0 Å². The molecule has 17 heavy (non-hydrogen) atoms. The Hall–Kier alpha value is -1.36. The molecule has 0 amide bonds. The molecule has 0 aliphatic rings. The van der Waals surface area contributed by atoms with Crippen LogP contribution in [0.5, 0.6) is 0 Å². The van der Waals surface area contributed by atoms with E-state index >= 15 is 0 Å². The number of carbonyl (C=O) groups is 1. The van der Waals surface area contributed by atoms with Gasteiger partial charge in [0.2, 0.25) is 0 Å². The first kappa shape index (κ1) is 13.7. The molecule has 0 aliphatic heterocycles. The summed E-state index contributed by atoms with van der Waals surface area (Å²) in [5.74, 6) is -0.176. The molecule has 1 atom stereocenters. The number of hydrogen-bond donors (Lipinski definition) is 1. The lowest BCUT2D eigenvalue weighted by molar-refractivity contribution is -0.143. The zero-order valence-corrected chi connectivity index (χ0v) is 10.8. The molecule has 0 saturated heterocycles. The van der Waals surface area contributed by atoms with Crippen molar-refractivity contribution in [2.75, 3.05) is 13.2 Å². The SMILES string of the molecule is CCCNC(CC(=O)OCC)c1cnn(C)c1. The Balaban J connectivity index is 2.63. The highest BCUT2D eigenvalue weighted by Crippen LogP contribution is 2.16. The van der Waals surface area contributed by atoms with Crippen LogP contribution >= 0.6 is 0 Å². The highest BCUT2D eigenvalue weighted by Gasteiger charge is 2.17. The third kappa shape index (κ3) is 4.56. The Labute approximate surface area is 102 Å². The third-order valence-corrected chi connectivity index (χ3v) is 2.44. The van der Waals surface area contributed by atoms with Crippen LogP contribution in [0.15, 0.2) is 12.4 Å². The van der Waals surface area contributed by atoms with Gasteiger partial charge in [-0.15, -0.1) is 0 Å². The Morgan fingerprint density at radius 2 is 2.35 bits per heavy atom. The van der Waals surface area contributed by atoms with Gasteiger partial charge in [0.05, 0.1) is 19.2 Å². The molecule has 1 aromatic rings. The minimum atomic E-state index is -0.176. The van der Waals surface area contributed by atoms with Gasteiger partial charge in [0.1, 0.15) is 0 Å². The molecule has 1 unspecified atom stereocenters. The van der Waals surface area contributed by atoms with Crippen molar-refractivity contribution in [3.63, 3.8) is 0 Å². The molecule has 0 bridgehead atoms. The van der Waals surface area contributed by atoms with E-state index in [4.69, 9.17) is 4.74 Å². The third-order valence-electron chi connectivity index (χ3n) is 2.44. The van der Waals surface area contributed by atoms with Crippen molar-refractivity contribution in [3.8, 4) is 0 Å². The topological polar surface area (TPSA) is 56.1 Å². The lowest BCUT2D eigenvalue weighted by Crippen LogP contribution is -2.25. The second-order valence-corrected chi connectivity index (χ2v) is 3.96. The van der Waals surface area contributed by atoms with Gasteiger partial charge in [-0.2, -0.15) is 5.10 Å². The summed E-state index contributed by atoms with van der Waals surface area (Å²) in [6.45, 7) is 5.21. The predicted octanol–water partition coefficient (Wildman–Crippen LogP) is 1.41. The zero-order chi connectivity index (χ0) is 12.7. The molecule has 0 fully saturated rings. The van der Waals surface area contributed by atoms with Gasteiger partial charge in [-0.3, -0.25) is 9.48 Å². The normalized spacial score (nSPS) is 12.4. The van der Waals surface area contributed by atoms with Crippen LogP contribution in [-0.4, -0.2) is 28.9 Å². The summed E-state index contributed by atoms with van der Waals surface area (Å²) in [4.78, 5) is 11.5. The van der Waals surface area contributed by atoms with E-state index in [0.717, 1.165) is 18.5 Å². The average molecular weight is 239 g/mol. The second-order valence-electron chi connectivity index (χ2n) is 3.96. The Morgan fingerprint density at radius 1 is 1.59 bits per heavy atom. The van der Waals surface area contributed by atoms with Crippen molar-refractivity contribution in [1.82, 2.24) is 15.1 Å². The molecule has 0 aliphatic carbocycles. The van der Waals surface area contributed by atoms with E-state index < -0.39 is 0 Å². The molecule has 0 saturated carbocycles. The van der Waals surface area contributed by atoms with Crippen molar-refractivity contribution in [2.24, 2.45) is 7.05 Å². The lowest BCUT2D eigenvalue weighted by Gasteiger charge is -2.15. The van der Waals surface area contributed by atoms with E-state index in [1.807, 2.05) is 20.2 Å². The lowest BCUT2D eigenvalue weighted by atomic mass is 10.1. The maximum absolute atomic E-state index is 11.5. The van der Waals surface area contributed by atoms with Gasteiger partial charge in [0, 0.05) is 24.8 Å². The van der Waals surface area contributed by atoms with Gasteiger partial charge >= 0.3 is 5.97 Å². The summed E-state index contributed by atoms with van der Waals surface area (Å²) < 4.78 is 6.71. The summed E-state index contributed by atoms with van der Waals surface area (Å²) in [5, 5.41) is 7.46. The molecular formula is C12H21N3O2. The van der Waals surface area contributed by atoms with Gasteiger partial charge in [-0.25, -0.2) is 0 Å². The molecule has 5 heteroatoms. The fourth-order valence-electron chi connectivity index (χ4n) is 1.63. The standard InChI is InChI=1S/C12H21N3O2/c1-4-6-13-11(7-12(16)17-5-2)10-8-14-15(3)9-10/h8-9,11,13H,4-7H2,1-3H3. The minimum absolute atomic E-state index is 0.0114.